The molecule has 0 saturated heterocycles. The standard InChI is InChI=1S/C22H18ClNO/c23-17-11-12-22-19(13-17)20(14-24(22)18-9-5-2-6-10-18)21(15-25)16-7-3-1-4-8-16/h1-14,21,25H,15H2. The molecule has 0 radical (unpaired) electrons. The number of para-hydroxylation sites is 1. The SMILES string of the molecule is OCC(c1ccccc1)c1cn(-c2ccccc2)c2ccc(Cl)cc12. The zero-order chi connectivity index (χ0) is 17.2. The number of nitrogens with zero attached hydrogens (tertiary/aromatic N) is 1. The van der Waals surface area contributed by atoms with E-state index in [4.69, 9.17) is 11.6 Å². The lowest BCUT2D eigenvalue weighted by Gasteiger charge is -2.14. The van der Waals surface area contributed by atoms with E-state index in [9.17, 15) is 5.11 Å². The number of halogens is 1. The summed E-state index contributed by atoms with van der Waals surface area (Å²) in [5.74, 6) is -0.0906. The van der Waals surface area contributed by atoms with Crippen LogP contribution in [-0.4, -0.2) is 16.3 Å². The third-order valence-electron chi connectivity index (χ3n) is 4.59. The summed E-state index contributed by atoms with van der Waals surface area (Å²) in [7, 11) is 0. The minimum atomic E-state index is -0.0906. The molecule has 1 heterocycles. The number of aliphatic hydroxyl groups is 1. The van der Waals surface area contributed by atoms with Crippen LogP contribution in [0.3, 0.4) is 0 Å². The van der Waals surface area contributed by atoms with E-state index in [2.05, 4.69) is 35.0 Å². The van der Waals surface area contributed by atoms with Crippen molar-refractivity contribution in [3.63, 3.8) is 0 Å². The van der Waals surface area contributed by atoms with Crippen molar-refractivity contribution in [3.05, 3.63) is 101 Å². The fourth-order valence-electron chi connectivity index (χ4n) is 3.38. The average molecular weight is 348 g/mol. The summed E-state index contributed by atoms with van der Waals surface area (Å²) in [4.78, 5) is 0. The molecule has 1 N–H and O–H groups in total. The van der Waals surface area contributed by atoms with E-state index in [1.54, 1.807) is 0 Å². The summed E-state index contributed by atoms with van der Waals surface area (Å²) in [6.45, 7) is 0.0461. The number of rotatable bonds is 4. The highest BCUT2D eigenvalue weighted by Crippen LogP contribution is 2.35. The fraction of sp³-hybridized carbons (Fsp3) is 0.0909. The lowest BCUT2D eigenvalue weighted by atomic mass is 9.92. The summed E-state index contributed by atoms with van der Waals surface area (Å²) in [6, 6.07) is 26.2. The number of aliphatic hydroxyl groups excluding tert-OH is 1. The second kappa shape index (κ2) is 6.75. The molecule has 1 aromatic heterocycles. The Kier molecular flexibility index (Phi) is 4.31. The van der Waals surface area contributed by atoms with Gasteiger partial charge in [0.25, 0.3) is 0 Å². The molecule has 1 atom stereocenters. The number of benzene rings is 3. The van der Waals surface area contributed by atoms with Crippen LogP contribution in [0.15, 0.2) is 85.1 Å². The van der Waals surface area contributed by atoms with Crippen molar-refractivity contribution in [2.24, 2.45) is 0 Å². The molecule has 2 nitrogen and oxygen atoms in total. The van der Waals surface area contributed by atoms with Gasteiger partial charge in [-0.3, -0.25) is 0 Å². The first-order valence-corrected chi connectivity index (χ1v) is 8.67. The summed E-state index contributed by atoms with van der Waals surface area (Å²) in [5, 5.41) is 11.9. The van der Waals surface area contributed by atoms with Crippen molar-refractivity contribution < 1.29 is 5.11 Å². The number of fused-ring (bicyclic) bond motifs is 1. The summed E-state index contributed by atoms with van der Waals surface area (Å²) in [5.41, 5.74) is 4.35. The van der Waals surface area contributed by atoms with Crippen LogP contribution in [0.5, 0.6) is 0 Å². The molecule has 0 aliphatic carbocycles. The maximum absolute atomic E-state index is 10.1. The maximum atomic E-state index is 10.1. The Balaban J connectivity index is 1.96. The van der Waals surface area contributed by atoms with Crippen molar-refractivity contribution in [2.75, 3.05) is 6.61 Å². The Morgan fingerprint density at radius 1 is 0.880 bits per heavy atom. The third-order valence-corrected chi connectivity index (χ3v) is 4.83. The Morgan fingerprint density at radius 3 is 2.24 bits per heavy atom. The van der Waals surface area contributed by atoms with Gasteiger partial charge in [-0.1, -0.05) is 60.1 Å². The molecule has 3 aromatic carbocycles. The minimum absolute atomic E-state index is 0.0461. The lowest BCUT2D eigenvalue weighted by molar-refractivity contribution is 0.281. The predicted molar refractivity (Wildman–Crippen MR) is 104 cm³/mol. The van der Waals surface area contributed by atoms with Gasteiger partial charge in [0.15, 0.2) is 0 Å². The Labute approximate surface area is 151 Å². The number of hydrogen-bond acceptors (Lipinski definition) is 1. The van der Waals surface area contributed by atoms with E-state index in [0.29, 0.717) is 5.02 Å². The topological polar surface area (TPSA) is 25.2 Å². The van der Waals surface area contributed by atoms with E-state index < -0.39 is 0 Å². The van der Waals surface area contributed by atoms with Crippen molar-refractivity contribution in [1.29, 1.82) is 0 Å². The van der Waals surface area contributed by atoms with Gasteiger partial charge >= 0.3 is 0 Å². The molecule has 0 saturated carbocycles. The van der Waals surface area contributed by atoms with Gasteiger partial charge in [0, 0.05) is 28.2 Å². The van der Waals surface area contributed by atoms with Gasteiger partial charge in [-0.05, 0) is 41.5 Å². The molecule has 0 bridgehead atoms. The zero-order valence-electron chi connectivity index (χ0n) is 13.6. The van der Waals surface area contributed by atoms with Gasteiger partial charge in [-0.15, -0.1) is 0 Å². The highest BCUT2D eigenvalue weighted by atomic mass is 35.5. The monoisotopic (exact) mass is 347 g/mol. The Hall–Kier alpha value is -2.55. The van der Waals surface area contributed by atoms with E-state index >= 15 is 0 Å². The van der Waals surface area contributed by atoms with Crippen molar-refractivity contribution in [3.8, 4) is 5.69 Å². The quantitative estimate of drug-likeness (QED) is 0.524. The first-order chi connectivity index (χ1) is 12.3. The lowest BCUT2D eigenvalue weighted by Crippen LogP contribution is -2.05. The molecule has 124 valence electrons. The molecule has 0 amide bonds. The van der Waals surface area contributed by atoms with E-state index in [0.717, 1.165) is 27.7 Å². The van der Waals surface area contributed by atoms with Crippen LogP contribution in [0, 0.1) is 0 Å². The summed E-state index contributed by atoms with van der Waals surface area (Å²) < 4.78 is 2.16. The molecule has 1 unspecified atom stereocenters. The second-order valence-corrected chi connectivity index (χ2v) is 6.53. The smallest absolute Gasteiger partial charge is 0.0541 e. The molecule has 4 aromatic rings. The van der Waals surface area contributed by atoms with Crippen LogP contribution >= 0.6 is 11.6 Å². The normalized spacial score (nSPS) is 12.4. The molecule has 0 fully saturated rings. The molecule has 0 spiro atoms. The summed E-state index contributed by atoms with van der Waals surface area (Å²) >= 11 is 6.27. The van der Waals surface area contributed by atoms with Gasteiger partial charge in [-0.2, -0.15) is 0 Å². The predicted octanol–water partition coefficient (Wildman–Crippen LogP) is 5.41. The molecule has 0 aliphatic heterocycles. The molecule has 4 rings (SSSR count). The molecular formula is C22H18ClNO. The molecule has 25 heavy (non-hydrogen) atoms. The zero-order valence-corrected chi connectivity index (χ0v) is 14.4. The largest absolute Gasteiger partial charge is 0.395 e. The average Bonchev–Trinajstić information content (AvgIpc) is 3.03. The first-order valence-electron chi connectivity index (χ1n) is 8.29. The van der Waals surface area contributed by atoms with E-state index in [1.807, 2.05) is 54.6 Å². The van der Waals surface area contributed by atoms with E-state index in [-0.39, 0.29) is 12.5 Å². The summed E-state index contributed by atoms with van der Waals surface area (Å²) in [6.07, 6.45) is 2.12. The van der Waals surface area contributed by atoms with E-state index in [1.165, 1.54) is 0 Å². The van der Waals surface area contributed by atoms with Crippen LogP contribution in [0.2, 0.25) is 5.02 Å². The highest BCUT2D eigenvalue weighted by molar-refractivity contribution is 6.31. The Morgan fingerprint density at radius 2 is 1.56 bits per heavy atom. The Bertz CT molecular complexity index is 993. The van der Waals surface area contributed by atoms with Gasteiger partial charge < -0.3 is 9.67 Å². The minimum Gasteiger partial charge on any atom is -0.395 e. The van der Waals surface area contributed by atoms with Crippen LogP contribution in [-0.2, 0) is 0 Å². The maximum Gasteiger partial charge on any atom is 0.0541 e. The van der Waals surface area contributed by atoms with Crippen LogP contribution in [0.1, 0.15) is 17.0 Å². The van der Waals surface area contributed by atoms with Crippen LogP contribution < -0.4 is 0 Å². The molecule has 3 heteroatoms. The second-order valence-electron chi connectivity index (χ2n) is 6.10. The van der Waals surface area contributed by atoms with Gasteiger partial charge in [0.05, 0.1) is 12.1 Å². The number of hydrogen-bond donors (Lipinski definition) is 1. The van der Waals surface area contributed by atoms with Crippen molar-refractivity contribution in [1.82, 2.24) is 4.57 Å². The van der Waals surface area contributed by atoms with Crippen LogP contribution in [0.4, 0.5) is 0 Å². The van der Waals surface area contributed by atoms with Gasteiger partial charge in [0.2, 0.25) is 0 Å². The van der Waals surface area contributed by atoms with Gasteiger partial charge in [0.1, 0.15) is 0 Å². The first kappa shape index (κ1) is 15.9. The van der Waals surface area contributed by atoms with Crippen molar-refractivity contribution in [2.45, 2.75) is 5.92 Å². The third kappa shape index (κ3) is 2.95. The van der Waals surface area contributed by atoms with Crippen LogP contribution in [0.25, 0.3) is 16.6 Å². The van der Waals surface area contributed by atoms with Crippen molar-refractivity contribution >= 4 is 22.5 Å². The van der Waals surface area contributed by atoms with Gasteiger partial charge in [-0.25, -0.2) is 0 Å². The highest BCUT2D eigenvalue weighted by Gasteiger charge is 2.20. The fourth-order valence-corrected chi connectivity index (χ4v) is 3.55. The molecule has 0 aliphatic rings. The number of aromatic nitrogens is 1. The molecular weight excluding hydrogens is 330 g/mol.